The van der Waals surface area contributed by atoms with Gasteiger partial charge in [0.15, 0.2) is 0 Å². The van der Waals surface area contributed by atoms with Crippen molar-refractivity contribution in [3.8, 4) is 0 Å². The maximum absolute atomic E-state index is 12.4. The molecule has 3 rings (SSSR count). The zero-order chi connectivity index (χ0) is 19.4. The third-order valence-electron chi connectivity index (χ3n) is 4.26. The zero-order valence-corrected chi connectivity index (χ0v) is 16.0. The molecule has 0 radical (unpaired) electrons. The molecule has 0 aliphatic carbocycles. The van der Waals surface area contributed by atoms with Crippen LogP contribution in [0.1, 0.15) is 16.7 Å². The lowest BCUT2D eigenvalue weighted by Gasteiger charge is -2.16. The van der Waals surface area contributed by atoms with Crippen LogP contribution in [0.3, 0.4) is 0 Å². The number of amides is 2. The minimum Gasteiger partial charge on any atom is -0.338 e. The molecule has 0 saturated carbocycles. The van der Waals surface area contributed by atoms with Crippen molar-refractivity contribution < 1.29 is 9.59 Å². The molecule has 0 bridgehead atoms. The summed E-state index contributed by atoms with van der Waals surface area (Å²) in [5, 5.41) is 3.43. The van der Waals surface area contributed by atoms with Crippen molar-refractivity contribution in [3.05, 3.63) is 64.3 Å². The second kappa shape index (κ2) is 8.33. The third-order valence-corrected chi connectivity index (χ3v) is 4.63. The van der Waals surface area contributed by atoms with Crippen LogP contribution >= 0.6 is 11.6 Å². The molecule has 140 valence electrons. The van der Waals surface area contributed by atoms with Crippen LogP contribution in [0.5, 0.6) is 0 Å². The topological polar surface area (TPSA) is 65.5 Å². The third kappa shape index (κ3) is 4.93. The van der Waals surface area contributed by atoms with Crippen LogP contribution in [0.25, 0.3) is 6.08 Å². The molecule has 27 heavy (non-hydrogen) atoms. The molecule has 1 N–H and O–H groups in total. The number of rotatable bonds is 4. The molecule has 0 spiro atoms. The van der Waals surface area contributed by atoms with E-state index in [9.17, 15) is 9.59 Å². The number of carbonyl (C=O) groups is 2. The van der Waals surface area contributed by atoms with Crippen LogP contribution < -0.4 is 5.32 Å². The monoisotopic (exact) mass is 384 g/mol. The number of nitrogens with zero attached hydrogens (tertiary/aromatic N) is 3. The highest BCUT2D eigenvalue weighted by Gasteiger charge is 2.17. The van der Waals surface area contributed by atoms with Gasteiger partial charge < -0.3 is 10.2 Å². The summed E-state index contributed by atoms with van der Waals surface area (Å²) in [5.41, 5.74) is 2.62. The number of anilines is 1. The minimum atomic E-state index is -0.129. The highest BCUT2D eigenvalue weighted by molar-refractivity contribution is 6.31. The van der Waals surface area contributed by atoms with E-state index in [-0.39, 0.29) is 11.8 Å². The number of nitrogens with one attached hydrogen (secondary N) is 1. The Morgan fingerprint density at radius 3 is 2.93 bits per heavy atom. The van der Waals surface area contributed by atoms with Crippen molar-refractivity contribution in [1.82, 2.24) is 14.8 Å². The van der Waals surface area contributed by atoms with Gasteiger partial charge >= 0.3 is 0 Å². The molecule has 1 aliphatic heterocycles. The normalized spacial score (nSPS) is 14.6. The fourth-order valence-corrected chi connectivity index (χ4v) is 3.07. The van der Waals surface area contributed by atoms with E-state index in [1.54, 1.807) is 24.2 Å². The quantitative estimate of drug-likeness (QED) is 0.823. The fourth-order valence-electron chi connectivity index (χ4n) is 2.87. The number of pyridine rings is 1. The van der Waals surface area contributed by atoms with Gasteiger partial charge in [0.25, 0.3) is 0 Å². The Labute approximate surface area is 163 Å². The molecule has 1 aromatic carbocycles. The highest BCUT2D eigenvalue weighted by Crippen LogP contribution is 2.20. The standard InChI is InChI=1S/C20H21ClN4O2/c1-24-11-16-9-14(10-22-20(16)23-18(26)13-24)7-8-19(27)25(2)12-15-5-3-4-6-17(15)21/h3-10H,11-13H2,1-2H3,(H,22,23,26). The maximum atomic E-state index is 12.4. The number of hydrogen-bond donors (Lipinski definition) is 1. The molecule has 0 saturated heterocycles. The summed E-state index contributed by atoms with van der Waals surface area (Å²) in [6.07, 6.45) is 4.88. The Balaban J connectivity index is 1.69. The average molecular weight is 385 g/mol. The molecule has 0 unspecified atom stereocenters. The van der Waals surface area contributed by atoms with Crippen LogP contribution in [-0.2, 0) is 22.7 Å². The molecule has 0 fully saturated rings. The Morgan fingerprint density at radius 1 is 1.37 bits per heavy atom. The van der Waals surface area contributed by atoms with Gasteiger partial charge in [0.1, 0.15) is 5.82 Å². The number of aromatic nitrogens is 1. The Morgan fingerprint density at radius 2 is 2.15 bits per heavy atom. The van der Waals surface area contributed by atoms with E-state index in [2.05, 4.69) is 10.3 Å². The zero-order valence-electron chi connectivity index (χ0n) is 15.3. The van der Waals surface area contributed by atoms with Crippen molar-refractivity contribution >= 4 is 35.3 Å². The highest BCUT2D eigenvalue weighted by atomic mass is 35.5. The Hall–Kier alpha value is -2.70. The number of benzene rings is 1. The summed E-state index contributed by atoms with van der Waals surface area (Å²) in [6.45, 7) is 1.37. The molecule has 2 aromatic rings. The van der Waals surface area contributed by atoms with Gasteiger partial charge in [-0.15, -0.1) is 0 Å². The van der Waals surface area contributed by atoms with Gasteiger partial charge in [-0.25, -0.2) is 4.98 Å². The fraction of sp³-hybridized carbons (Fsp3) is 0.250. The van der Waals surface area contributed by atoms with Crippen LogP contribution in [0.2, 0.25) is 5.02 Å². The van der Waals surface area contributed by atoms with Gasteiger partial charge in [-0.3, -0.25) is 14.5 Å². The van der Waals surface area contributed by atoms with Gasteiger partial charge in [-0.2, -0.15) is 0 Å². The van der Waals surface area contributed by atoms with Crippen LogP contribution in [0.4, 0.5) is 5.82 Å². The summed E-state index contributed by atoms with van der Waals surface area (Å²) in [6, 6.07) is 9.40. The molecule has 6 nitrogen and oxygen atoms in total. The lowest BCUT2D eigenvalue weighted by atomic mass is 10.1. The first-order chi connectivity index (χ1) is 12.9. The van der Waals surface area contributed by atoms with Gasteiger partial charge in [0.05, 0.1) is 6.54 Å². The predicted octanol–water partition coefficient (Wildman–Crippen LogP) is 2.79. The van der Waals surface area contributed by atoms with Gasteiger partial charge in [-0.05, 0) is 36.4 Å². The van der Waals surface area contributed by atoms with E-state index < -0.39 is 0 Å². The van der Waals surface area contributed by atoms with Gasteiger partial charge in [0.2, 0.25) is 11.8 Å². The number of halogens is 1. The summed E-state index contributed by atoms with van der Waals surface area (Å²) < 4.78 is 0. The number of fused-ring (bicyclic) bond motifs is 1. The van der Waals surface area contributed by atoms with E-state index in [1.165, 1.54) is 6.08 Å². The van der Waals surface area contributed by atoms with Crippen LogP contribution in [0.15, 0.2) is 42.6 Å². The van der Waals surface area contributed by atoms with E-state index in [4.69, 9.17) is 11.6 Å². The molecule has 2 amide bonds. The molecule has 7 heteroatoms. The average Bonchev–Trinajstić information content (AvgIpc) is 2.77. The summed E-state index contributed by atoms with van der Waals surface area (Å²) in [4.78, 5) is 31.9. The second-order valence-electron chi connectivity index (χ2n) is 6.62. The van der Waals surface area contributed by atoms with Crippen LogP contribution in [0, 0.1) is 0 Å². The Kier molecular flexibility index (Phi) is 5.88. The molecule has 1 aliphatic rings. The van der Waals surface area contributed by atoms with E-state index in [1.807, 2.05) is 42.3 Å². The van der Waals surface area contributed by atoms with Crippen molar-refractivity contribution in [1.29, 1.82) is 0 Å². The number of carbonyl (C=O) groups excluding carboxylic acids is 2. The van der Waals surface area contributed by atoms with E-state index in [0.29, 0.717) is 30.5 Å². The first-order valence-electron chi connectivity index (χ1n) is 8.56. The maximum Gasteiger partial charge on any atom is 0.246 e. The summed E-state index contributed by atoms with van der Waals surface area (Å²) >= 11 is 6.15. The minimum absolute atomic E-state index is 0.0802. The molecule has 2 heterocycles. The summed E-state index contributed by atoms with van der Waals surface area (Å²) in [5.74, 6) is 0.363. The largest absolute Gasteiger partial charge is 0.338 e. The lowest BCUT2D eigenvalue weighted by molar-refractivity contribution is -0.125. The van der Waals surface area contributed by atoms with Gasteiger partial charge in [-0.1, -0.05) is 29.8 Å². The van der Waals surface area contributed by atoms with Crippen LogP contribution in [-0.4, -0.2) is 47.2 Å². The van der Waals surface area contributed by atoms with Crippen molar-refractivity contribution in [2.45, 2.75) is 13.1 Å². The van der Waals surface area contributed by atoms with Crippen molar-refractivity contribution in [3.63, 3.8) is 0 Å². The number of likely N-dealkylation sites (N-methyl/N-ethyl adjacent to an activating group) is 2. The van der Waals surface area contributed by atoms with Crippen molar-refractivity contribution in [2.24, 2.45) is 0 Å². The number of hydrogen-bond acceptors (Lipinski definition) is 4. The summed E-state index contributed by atoms with van der Waals surface area (Å²) in [7, 11) is 3.61. The smallest absolute Gasteiger partial charge is 0.246 e. The molecular weight excluding hydrogens is 364 g/mol. The first kappa shape index (κ1) is 19.1. The SMILES string of the molecule is CN1CC(=O)Nc2ncc(C=CC(=O)N(C)Cc3ccccc3Cl)cc2C1. The van der Waals surface area contributed by atoms with E-state index >= 15 is 0 Å². The Bertz CT molecular complexity index is 897. The first-order valence-corrected chi connectivity index (χ1v) is 8.94. The molecular formula is C20H21ClN4O2. The van der Waals surface area contributed by atoms with Crippen molar-refractivity contribution in [2.75, 3.05) is 26.0 Å². The van der Waals surface area contributed by atoms with Gasteiger partial charge in [0, 0.05) is 43.0 Å². The second-order valence-corrected chi connectivity index (χ2v) is 7.02. The lowest BCUT2D eigenvalue weighted by Crippen LogP contribution is -2.26. The van der Waals surface area contributed by atoms with E-state index in [0.717, 1.165) is 16.7 Å². The molecule has 1 aromatic heterocycles. The predicted molar refractivity (Wildman–Crippen MR) is 106 cm³/mol. The molecule has 0 atom stereocenters.